The van der Waals surface area contributed by atoms with Crippen molar-refractivity contribution in [3.8, 4) is 0 Å². The van der Waals surface area contributed by atoms with Gasteiger partial charge >= 0.3 is 0 Å². The monoisotopic (exact) mass is 587 g/mol. The maximum absolute atomic E-state index is 13.4. The lowest BCUT2D eigenvalue weighted by Crippen LogP contribution is -2.31. The van der Waals surface area contributed by atoms with E-state index in [0.29, 0.717) is 27.6 Å². The lowest BCUT2D eigenvalue weighted by atomic mass is 10.2. The van der Waals surface area contributed by atoms with Crippen LogP contribution in [0.2, 0.25) is 0 Å². The molecule has 1 aliphatic heterocycles. The van der Waals surface area contributed by atoms with Gasteiger partial charge in [0.05, 0.1) is 12.8 Å². The average Bonchev–Trinajstić information content (AvgIpc) is 3.50. The van der Waals surface area contributed by atoms with E-state index in [1.165, 1.54) is 18.0 Å². The Labute approximate surface area is 232 Å². The molecule has 0 atom stereocenters. The maximum Gasteiger partial charge on any atom is 0.278 e. The van der Waals surface area contributed by atoms with Gasteiger partial charge in [0.15, 0.2) is 0 Å². The minimum Gasteiger partial charge on any atom is -0.467 e. The Hall–Kier alpha value is -4.08. The van der Waals surface area contributed by atoms with E-state index in [-0.39, 0.29) is 23.1 Å². The Bertz CT molecular complexity index is 1530. The van der Waals surface area contributed by atoms with Crippen LogP contribution in [0.3, 0.4) is 0 Å². The molecule has 190 valence electrons. The molecule has 0 fully saturated rings. The predicted molar refractivity (Wildman–Crippen MR) is 150 cm³/mol. The molecule has 7 nitrogen and oxygen atoms in total. The third-order valence-electron chi connectivity index (χ3n) is 5.76. The molecule has 4 aromatic rings. The number of furan rings is 1. The highest BCUT2D eigenvalue weighted by molar-refractivity contribution is 9.10. The minimum atomic E-state index is -0.436. The molecule has 9 heteroatoms. The summed E-state index contributed by atoms with van der Waals surface area (Å²) in [5, 5.41) is 6.03. The third-order valence-corrected chi connectivity index (χ3v) is 7.36. The first-order chi connectivity index (χ1) is 18.4. The number of amides is 3. The molecular weight excluding hydrogens is 566 g/mol. The molecule has 0 radical (unpaired) electrons. The van der Waals surface area contributed by atoms with Gasteiger partial charge in [-0.05, 0) is 73.7 Å². The molecule has 3 amide bonds. The molecule has 2 heterocycles. The number of aryl methyl sites for hydroxylation is 1. The fourth-order valence-corrected chi connectivity index (χ4v) is 5.07. The van der Waals surface area contributed by atoms with Crippen LogP contribution in [-0.2, 0) is 16.1 Å². The number of nitrogens with zero attached hydrogens (tertiary/aromatic N) is 1. The number of benzene rings is 3. The van der Waals surface area contributed by atoms with E-state index in [0.717, 1.165) is 14.9 Å². The predicted octanol–water partition coefficient (Wildman–Crippen LogP) is 6.59. The number of carbonyl (C=O) groups is 3. The van der Waals surface area contributed by atoms with Gasteiger partial charge in [-0.15, -0.1) is 0 Å². The van der Waals surface area contributed by atoms with E-state index in [4.69, 9.17) is 4.42 Å². The van der Waals surface area contributed by atoms with Crippen LogP contribution in [0.5, 0.6) is 0 Å². The summed E-state index contributed by atoms with van der Waals surface area (Å²) in [7, 11) is 0. The molecule has 0 aliphatic carbocycles. The standard InChI is InChI=1S/C29H22BrN3O4S/c1-18-7-13-21(14-8-18)31-25-26(29(36)33(28(25)35)17-23-5-3-15-37-23)38-24-6-2-4-22(16-24)32-27(34)19-9-11-20(30)12-10-19/h2-16,31H,17H2,1H3,(H,32,34). The molecule has 38 heavy (non-hydrogen) atoms. The van der Waals surface area contributed by atoms with Crippen molar-refractivity contribution >= 4 is 56.8 Å². The summed E-state index contributed by atoms with van der Waals surface area (Å²) in [6.07, 6.45) is 1.50. The third kappa shape index (κ3) is 5.74. The molecule has 0 saturated heterocycles. The average molecular weight is 588 g/mol. The van der Waals surface area contributed by atoms with Crippen LogP contribution < -0.4 is 10.6 Å². The Morgan fingerprint density at radius 1 is 0.921 bits per heavy atom. The van der Waals surface area contributed by atoms with Gasteiger partial charge in [0.1, 0.15) is 16.4 Å². The van der Waals surface area contributed by atoms with Gasteiger partial charge in [-0.25, -0.2) is 0 Å². The zero-order valence-corrected chi connectivity index (χ0v) is 22.6. The molecule has 0 spiro atoms. The van der Waals surface area contributed by atoms with Crippen molar-refractivity contribution in [3.63, 3.8) is 0 Å². The summed E-state index contributed by atoms with van der Waals surface area (Å²) < 4.78 is 6.26. The molecule has 2 N–H and O–H groups in total. The lowest BCUT2D eigenvalue weighted by Gasteiger charge is -2.13. The second-order valence-electron chi connectivity index (χ2n) is 8.56. The van der Waals surface area contributed by atoms with E-state index in [9.17, 15) is 14.4 Å². The van der Waals surface area contributed by atoms with Crippen LogP contribution in [0, 0.1) is 6.92 Å². The van der Waals surface area contributed by atoms with Crippen LogP contribution in [0.15, 0.2) is 116 Å². The van der Waals surface area contributed by atoms with Crippen molar-refractivity contribution in [2.24, 2.45) is 0 Å². The van der Waals surface area contributed by atoms with Crippen LogP contribution in [-0.4, -0.2) is 22.6 Å². The van der Waals surface area contributed by atoms with Crippen molar-refractivity contribution in [1.29, 1.82) is 0 Å². The van der Waals surface area contributed by atoms with Crippen molar-refractivity contribution in [2.75, 3.05) is 10.6 Å². The number of carbonyl (C=O) groups excluding carboxylic acids is 3. The van der Waals surface area contributed by atoms with E-state index < -0.39 is 11.8 Å². The molecule has 0 bridgehead atoms. The van der Waals surface area contributed by atoms with E-state index in [1.807, 2.05) is 37.3 Å². The van der Waals surface area contributed by atoms with E-state index >= 15 is 0 Å². The fraction of sp³-hybridized carbons (Fsp3) is 0.0690. The largest absolute Gasteiger partial charge is 0.467 e. The SMILES string of the molecule is Cc1ccc(NC2=C(Sc3cccc(NC(=O)c4ccc(Br)cc4)c3)C(=O)N(Cc3ccco3)C2=O)cc1. The number of anilines is 2. The summed E-state index contributed by atoms with van der Waals surface area (Å²) >= 11 is 4.53. The molecule has 5 rings (SSSR count). The highest BCUT2D eigenvalue weighted by atomic mass is 79.9. The first-order valence-electron chi connectivity index (χ1n) is 11.7. The Kier molecular flexibility index (Phi) is 7.48. The smallest absolute Gasteiger partial charge is 0.278 e. The molecule has 0 unspecified atom stereocenters. The normalized spacial score (nSPS) is 13.3. The van der Waals surface area contributed by atoms with E-state index in [2.05, 4.69) is 26.6 Å². The Balaban J connectivity index is 1.41. The van der Waals surface area contributed by atoms with Gasteiger partial charge in [0.2, 0.25) is 0 Å². The van der Waals surface area contributed by atoms with Gasteiger partial charge < -0.3 is 15.1 Å². The number of halogens is 1. The van der Waals surface area contributed by atoms with Crippen molar-refractivity contribution in [2.45, 2.75) is 18.4 Å². The van der Waals surface area contributed by atoms with Crippen molar-refractivity contribution < 1.29 is 18.8 Å². The summed E-state index contributed by atoms with van der Waals surface area (Å²) in [6.45, 7) is 2.00. The number of hydrogen-bond acceptors (Lipinski definition) is 6. The van der Waals surface area contributed by atoms with Gasteiger partial charge in [0, 0.05) is 26.3 Å². The summed E-state index contributed by atoms with van der Waals surface area (Å²) in [5.41, 5.74) is 3.05. The fourth-order valence-electron chi connectivity index (χ4n) is 3.80. The summed E-state index contributed by atoms with van der Waals surface area (Å²) in [4.78, 5) is 41.6. The molecule has 1 aliphatic rings. The molecule has 3 aromatic carbocycles. The van der Waals surface area contributed by atoms with Crippen LogP contribution in [0.1, 0.15) is 21.7 Å². The first-order valence-corrected chi connectivity index (χ1v) is 13.3. The summed E-state index contributed by atoms with van der Waals surface area (Å²) in [6, 6.07) is 25.2. The zero-order valence-electron chi connectivity index (χ0n) is 20.2. The Morgan fingerprint density at radius 2 is 1.68 bits per heavy atom. The second kappa shape index (κ2) is 11.1. The molecule has 0 saturated carbocycles. The van der Waals surface area contributed by atoms with Gasteiger partial charge in [-0.1, -0.05) is 51.5 Å². The van der Waals surface area contributed by atoms with Gasteiger partial charge in [-0.2, -0.15) is 0 Å². The number of nitrogens with one attached hydrogen (secondary N) is 2. The van der Waals surface area contributed by atoms with E-state index in [1.54, 1.807) is 54.6 Å². The minimum absolute atomic E-state index is 0.0249. The molecule has 1 aromatic heterocycles. The lowest BCUT2D eigenvalue weighted by molar-refractivity contribution is -0.138. The molecular formula is C29H22BrN3O4S. The van der Waals surface area contributed by atoms with Crippen molar-refractivity contribution in [3.05, 3.63) is 123 Å². The number of rotatable bonds is 8. The van der Waals surface area contributed by atoms with Crippen LogP contribution in [0.25, 0.3) is 0 Å². The van der Waals surface area contributed by atoms with Gasteiger partial charge in [-0.3, -0.25) is 19.3 Å². The highest BCUT2D eigenvalue weighted by Crippen LogP contribution is 2.37. The number of thioether (sulfide) groups is 1. The quantitative estimate of drug-likeness (QED) is 0.226. The van der Waals surface area contributed by atoms with Crippen molar-refractivity contribution in [1.82, 2.24) is 4.90 Å². The first kappa shape index (κ1) is 25.6. The number of hydrogen-bond donors (Lipinski definition) is 2. The van der Waals surface area contributed by atoms with Gasteiger partial charge in [0.25, 0.3) is 17.7 Å². The number of imide groups is 1. The topological polar surface area (TPSA) is 91.7 Å². The van der Waals surface area contributed by atoms with Crippen LogP contribution in [0.4, 0.5) is 11.4 Å². The second-order valence-corrected chi connectivity index (χ2v) is 10.6. The zero-order chi connectivity index (χ0) is 26.6. The Morgan fingerprint density at radius 3 is 2.39 bits per heavy atom. The van der Waals surface area contributed by atoms with Crippen LogP contribution >= 0.6 is 27.7 Å². The maximum atomic E-state index is 13.4. The highest BCUT2D eigenvalue weighted by Gasteiger charge is 2.39. The summed E-state index contributed by atoms with van der Waals surface area (Å²) in [5.74, 6) is -0.605.